The Bertz CT molecular complexity index is 606. The molecule has 1 N–H and O–H groups in total. The van der Waals surface area contributed by atoms with Crippen molar-refractivity contribution < 1.29 is 14.6 Å². The summed E-state index contributed by atoms with van der Waals surface area (Å²) < 4.78 is 5.75. The lowest BCUT2D eigenvalue weighted by molar-refractivity contribution is -0.209. The van der Waals surface area contributed by atoms with Gasteiger partial charge in [0.25, 0.3) is 5.91 Å². The van der Waals surface area contributed by atoms with Gasteiger partial charge >= 0.3 is 0 Å². The topological polar surface area (TPSA) is 49.8 Å². The van der Waals surface area contributed by atoms with Crippen molar-refractivity contribution >= 4 is 5.91 Å². The van der Waals surface area contributed by atoms with Gasteiger partial charge in [0.15, 0.2) is 0 Å². The summed E-state index contributed by atoms with van der Waals surface area (Å²) in [6.45, 7) is 3.94. The highest BCUT2D eigenvalue weighted by Crippen LogP contribution is 2.50. The van der Waals surface area contributed by atoms with Crippen LogP contribution in [0.15, 0.2) is 30.3 Å². The molecule has 4 nitrogen and oxygen atoms in total. The van der Waals surface area contributed by atoms with Crippen LogP contribution in [0, 0.1) is 17.3 Å². The monoisotopic (exact) mass is 313 g/mol. The zero-order valence-electron chi connectivity index (χ0n) is 13.5. The molecule has 23 heavy (non-hydrogen) atoms. The number of hydrogen-bond acceptors (Lipinski definition) is 3. The number of rotatable bonds is 2. The van der Waals surface area contributed by atoms with E-state index in [0.717, 1.165) is 24.8 Å². The minimum absolute atomic E-state index is 0.134. The molecule has 1 saturated carbocycles. The van der Waals surface area contributed by atoms with Crippen LogP contribution >= 0.6 is 0 Å². The van der Waals surface area contributed by atoms with Crippen molar-refractivity contribution in [3.8, 4) is 11.8 Å². The molecule has 122 valence electrons. The Labute approximate surface area is 137 Å². The number of piperidine rings is 1. The second kappa shape index (κ2) is 6.74. The fourth-order valence-corrected chi connectivity index (χ4v) is 3.67. The first-order valence-electron chi connectivity index (χ1n) is 8.31. The molecule has 3 rings (SSSR count). The number of aliphatic hydroxyl groups is 1. The summed E-state index contributed by atoms with van der Waals surface area (Å²) >= 11 is 0. The van der Waals surface area contributed by atoms with Crippen LogP contribution in [0.1, 0.15) is 31.7 Å². The molecule has 1 aliphatic heterocycles. The van der Waals surface area contributed by atoms with Gasteiger partial charge in [0.05, 0.1) is 12.2 Å². The van der Waals surface area contributed by atoms with E-state index < -0.39 is 0 Å². The minimum atomic E-state index is -0.299. The normalized spacial score (nSPS) is 25.4. The van der Waals surface area contributed by atoms with E-state index in [2.05, 4.69) is 11.8 Å². The molecule has 0 aromatic heterocycles. The third-order valence-electron chi connectivity index (χ3n) is 5.18. The van der Waals surface area contributed by atoms with Gasteiger partial charge in [0.1, 0.15) is 0 Å². The molecule has 1 saturated heterocycles. The maximum absolute atomic E-state index is 12.2. The molecule has 1 spiro atoms. The van der Waals surface area contributed by atoms with Crippen molar-refractivity contribution in [2.75, 3.05) is 19.7 Å². The fourth-order valence-electron chi connectivity index (χ4n) is 3.67. The highest BCUT2D eigenvalue weighted by Gasteiger charge is 2.56. The first kappa shape index (κ1) is 16.0. The van der Waals surface area contributed by atoms with Crippen molar-refractivity contribution in [1.82, 2.24) is 4.90 Å². The minimum Gasteiger partial charge on any atom is -0.392 e. The van der Waals surface area contributed by atoms with E-state index in [9.17, 15) is 9.90 Å². The highest BCUT2D eigenvalue weighted by atomic mass is 16.5. The molecular formula is C19H23NO3. The summed E-state index contributed by atoms with van der Waals surface area (Å²) in [6.07, 6.45) is 2.13. The van der Waals surface area contributed by atoms with Crippen LogP contribution in [-0.2, 0) is 9.53 Å². The highest BCUT2D eigenvalue weighted by molar-refractivity contribution is 5.94. The summed E-state index contributed by atoms with van der Waals surface area (Å²) in [5.74, 6) is 5.50. The molecule has 0 radical (unpaired) electrons. The van der Waals surface area contributed by atoms with Crippen LogP contribution in [0.3, 0.4) is 0 Å². The maximum Gasteiger partial charge on any atom is 0.298 e. The molecule has 2 fully saturated rings. The predicted octanol–water partition coefficient (Wildman–Crippen LogP) is 1.82. The average Bonchev–Trinajstić information content (AvgIpc) is 2.60. The number of carbonyl (C=O) groups excluding carboxylic acids is 1. The quantitative estimate of drug-likeness (QED) is 0.847. The van der Waals surface area contributed by atoms with Crippen LogP contribution in [0.25, 0.3) is 0 Å². The Morgan fingerprint density at radius 2 is 2.04 bits per heavy atom. The Hall–Kier alpha value is -1.83. The van der Waals surface area contributed by atoms with Crippen LogP contribution in [0.5, 0.6) is 0 Å². The Morgan fingerprint density at radius 3 is 2.65 bits per heavy atom. The number of hydrogen-bond donors (Lipinski definition) is 1. The zero-order valence-corrected chi connectivity index (χ0v) is 13.5. The van der Waals surface area contributed by atoms with Crippen molar-refractivity contribution in [3.05, 3.63) is 35.9 Å². The van der Waals surface area contributed by atoms with Crippen LogP contribution in [0.2, 0.25) is 0 Å². The Balaban J connectivity index is 1.59. The lowest BCUT2D eigenvalue weighted by Gasteiger charge is -2.56. The van der Waals surface area contributed by atoms with E-state index >= 15 is 0 Å². The third-order valence-corrected chi connectivity index (χ3v) is 5.18. The molecule has 1 aliphatic carbocycles. The first-order chi connectivity index (χ1) is 11.2. The van der Waals surface area contributed by atoms with E-state index in [1.165, 1.54) is 0 Å². The van der Waals surface area contributed by atoms with Crippen molar-refractivity contribution in [2.24, 2.45) is 5.41 Å². The largest absolute Gasteiger partial charge is 0.392 e. The molecule has 2 aliphatic rings. The summed E-state index contributed by atoms with van der Waals surface area (Å²) in [4.78, 5) is 14.0. The van der Waals surface area contributed by atoms with Crippen molar-refractivity contribution in [3.63, 3.8) is 0 Å². The van der Waals surface area contributed by atoms with E-state index in [-0.39, 0.29) is 23.5 Å². The standard InChI is InChI=1S/C19H23NO3/c1-2-23-17-14-16(21)19(17)10-12-20(13-11-19)18(22)9-8-15-6-4-3-5-7-15/h3-7,16-17,21H,2,10-14H2,1H3/t16-,17-/m1/s1. The summed E-state index contributed by atoms with van der Waals surface area (Å²) in [5, 5.41) is 10.2. The van der Waals surface area contributed by atoms with E-state index in [1.807, 2.05) is 37.3 Å². The third kappa shape index (κ3) is 3.12. The Morgan fingerprint density at radius 1 is 1.35 bits per heavy atom. The number of amides is 1. The number of benzene rings is 1. The van der Waals surface area contributed by atoms with Crippen LogP contribution < -0.4 is 0 Å². The zero-order chi connectivity index (χ0) is 16.3. The lowest BCUT2D eigenvalue weighted by Crippen LogP contribution is -2.62. The van der Waals surface area contributed by atoms with Gasteiger partial charge in [-0.15, -0.1) is 0 Å². The van der Waals surface area contributed by atoms with Crippen LogP contribution in [-0.4, -0.2) is 47.8 Å². The second-order valence-corrected chi connectivity index (χ2v) is 6.34. The SMILES string of the molecule is CCO[C@@H]1C[C@@H](O)C12CCN(C(=O)C#Cc1ccccc1)CC2. The van der Waals surface area contributed by atoms with Gasteiger partial charge in [-0.25, -0.2) is 0 Å². The lowest BCUT2D eigenvalue weighted by atomic mass is 9.58. The van der Waals surface area contributed by atoms with E-state index in [1.54, 1.807) is 4.90 Å². The van der Waals surface area contributed by atoms with E-state index in [4.69, 9.17) is 4.74 Å². The van der Waals surface area contributed by atoms with Gasteiger partial charge in [-0.1, -0.05) is 24.1 Å². The van der Waals surface area contributed by atoms with Gasteiger partial charge in [-0.2, -0.15) is 0 Å². The average molecular weight is 313 g/mol. The maximum atomic E-state index is 12.2. The summed E-state index contributed by atoms with van der Waals surface area (Å²) in [6, 6.07) is 9.53. The molecule has 1 amide bonds. The molecule has 0 unspecified atom stereocenters. The first-order valence-corrected chi connectivity index (χ1v) is 8.31. The molecule has 0 bridgehead atoms. The number of likely N-dealkylation sites (tertiary alicyclic amines) is 1. The second-order valence-electron chi connectivity index (χ2n) is 6.34. The van der Waals surface area contributed by atoms with Gasteiger partial charge in [0, 0.05) is 43.0 Å². The molecule has 1 aromatic carbocycles. The van der Waals surface area contributed by atoms with Gasteiger partial charge in [0.2, 0.25) is 0 Å². The number of nitrogens with zero attached hydrogens (tertiary/aromatic N) is 1. The van der Waals surface area contributed by atoms with Gasteiger partial charge < -0.3 is 14.7 Å². The smallest absolute Gasteiger partial charge is 0.298 e. The van der Waals surface area contributed by atoms with Crippen molar-refractivity contribution in [2.45, 2.75) is 38.4 Å². The van der Waals surface area contributed by atoms with Gasteiger partial charge in [-0.05, 0) is 31.9 Å². The number of aliphatic hydroxyl groups excluding tert-OH is 1. The van der Waals surface area contributed by atoms with Gasteiger partial charge in [-0.3, -0.25) is 4.79 Å². The molecule has 1 heterocycles. The summed E-state index contributed by atoms with van der Waals surface area (Å²) in [7, 11) is 0. The molecule has 2 atom stereocenters. The Kier molecular flexibility index (Phi) is 4.70. The van der Waals surface area contributed by atoms with Crippen LogP contribution in [0.4, 0.5) is 0 Å². The molecule has 1 aromatic rings. The van der Waals surface area contributed by atoms with Crippen molar-refractivity contribution in [1.29, 1.82) is 0 Å². The van der Waals surface area contributed by atoms with E-state index in [0.29, 0.717) is 19.7 Å². The predicted molar refractivity (Wildman–Crippen MR) is 87.6 cm³/mol. The fraction of sp³-hybridized carbons (Fsp3) is 0.526. The number of carbonyl (C=O) groups is 1. The number of ether oxygens (including phenoxy) is 1. The molecular weight excluding hydrogens is 290 g/mol. The molecule has 4 heteroatoms. The summed E-state index contributed by atoms with van der Waals surface area (Å²) in [5.41, 5.74) is 0.694.